The van der Waals surface area contributed by atoms with E-state index in [4.69, 9.17) is 4.74 Å². The summed E-state index contributed by atoms with van der Waals surface area (Å²) in [4.78, 5) is 19.6. The van der Waals surface area contributed by atoms with E-state index in [9.17, 15) is 4.79 Å². The lowest BCUT2D eigenvalue weighted by Gasteiger charge is -2.33. The molecule has 1 aliphatic heterocycles. The SMILES string of the molecule is CCOC(=O)c1nc(N2CCC(C(C)C)CC2)sc1C. The first-order valence-corrected chi connectivity index (χ1v) is 8.24. The minimum absolute atomic E-state index is 0.301. The molecule has 0 aromatic carbocycles. The lowest BCUT2D eigenvalue weighted by molar-refractivity contribution is 0.0519. The molecule has 1 fully saturated rings. The highest BCUT2D eigenvalue weighted by molar-refractivity contribution is 7.15. The molecular formula is C15H24N2O2S. The number of carbonyl (C=O) groups is 1. The molecule has 0 aliphatic carbocycles. The van der Waals surface area contributed by atoms with Crippen LogP contribution in [0.25, 0.3) is 0 Å². The van der Waals surface area contributed by atoms with Gasteiger partial charge in [0.1, 0.15) is 0 Å². The highest BCUT2D eigenvalue weighted by Crippen LogP contribution is 2.31. The molecule has 112 valence electrons. The minimum atomic E-state index is -0.301. The maximum Gasteiger partial charge on any atom is 0.358 e. The number of piperidine rings is 1. The van der Waals surface area contributed by atoms with Gasteiger partial charge in [-0.15, -0.1) is 11.3 Å². The molecule has 0 atom stereocenters. The Morgan fingerprint density at radius 3 is 2.65 bits per heavy atom. The number of hydrogen-bond donors (Lipinski definition) is 0. The number of rotatable bonds is 4. The van der Waals surface area contributed by atoms with Crippen molar-refractivity contribution in [2.45, 2.75) is 40.5 Å². The van der Waals surface area contributed by atoms with Crippen molar-refractivity contribution >= 4 is 22.4 Å². The Labute approximate surface area is 125 Å². The number of ether oxygens (including phenoxy) is 1. The first-order chi connectivity index (χ1) is 9.52. The molecule has 0 spiro atoms. The van der Waals surface area contributed by atoms with Gasteiger partial charge >= 0.3 is 5.97 Å². The normalized spacial score (nSPS) is 16.8. The number of aryl methyl sites for hydroxylation is 1. The highest BCUT2D eigenvalue weighted by Gasteiger charge is 2.25. The molecule has 4 nitrogen and oxygen atoms in total. The highest BCUT2D eigenvalue weighted by atomic mass is 32.1. The molecule has 1 aromatic heterocycles. The second-order valence-electron chi connectivity index (χ2n) is 5.69. The standard InChI is InChI=1S/C15H24N2O2S/c1-5-19-14(18)13-11(4)20-15(16-13)17-8-6-12(7-9-17)10(2)3/h10,12H,5-9H2,1-4H3. The molecule has 20 heavy (non-hydrogen) atoms. The van der Waals surface area contributed by atoms with E-state index in [1.54, 1.807) is 11.3 Å². The van der Waals surface area contributed by atoms with Crippen molar-refractivity contribution < 1.29 is 9.53 Å². The lowest BCUT2D eigenvalue weighted by Crippen LogP contribution is -2.35. The zero-order chi connectivity index (χ0) is 14.7. The zero-order valence-electron chi connectivity index (χ0n) is 12.8. The minimum Gasteiger partial charge on any atom is -0.461 e. The number of hydrogen-bond acceptors (Lipinski definition) is 5. The van der Waals surface area contributed by atoms with Gasteiger partial charge in [-0.05, 0) is 38.5 Å². The molecule has 2 rings (SSSR count). The van der Waals surface area contributed by atoms with Crippen molar-refractivity contribution in [2.75, 3.05) is 24.6 Å². The van der Waals surface area contributed by atoms with Crippen molar-refractivity contribution in [3.63, 3.8) is 0 Å². The summed E-state index contributed by atoms with van der Waals surface area (Å²) in [5.74, 6) is 1.27. The van der Waals surface area contributed by atoms with Crippen molar-refractivity contribution in [2.24, 2.45) is 11.8 Å². The Hall–Kier alpha value is -1.10. The molecule has 1 aliphatic rings. The van der Waals surface area contributed by atoms with Crippen molar-refractivity contribution in [1.82, 2.24) is 4.98 Å². The molecule has 0 saturated carbocycles. The quantitative estimate of drug-likeness (QED) is 0.798. The second-order valence-corrected chi connectivity index (χ2v) is 6.87. The van der Waals surface area contributed by atoms with Crippen molar-refractivity contribution in [3.8, 4) is 0 Å². The van der Waals surface area contributed by atoms with Crippen LogP contribution in [0, 0.1) is 18.8 Å². The first-order valence-electron chi connectivity index (χ1n) is 7.42. The topological polar surface area (TPSA) is 42.4 Å². The lowest BCUT2D eigenvalue weighted by atomic mass is 9.87. The van der Waals surface area contributed by atoms with Crippen LogP contribution in [0.1, 0.15) is 49.0 Å². The van der Waals surface area contributed by atoms with Gasteiger partial charge in [-0.1, -0.05) is 13.8 Å². The summed E-state index contributed by atoms with van der Waals surface area (Å²) in [6.45, 7) is 10.8. The molecule has 0 bridgehead atoms. The molecule has 0 amide bonds. The molecular weight excluding hydrogens is 272 g/mol. The van der Waals surface area contributed by atoms with Gasteiger partial charge in [0.15, 0.2) is 10.8 Å². The van der Waals surface area contributed by atoms with E-state index in [0.29, 0.717) is 12.3 Å². The summed E-state index contributed by atoms with van der Waals surface area (Å²) < 4.78 is 5.04. The molecule has 0 unspecified atom stereocenters. The van der Waals surface area contributed by atoms with E-state index in [1.165, 1.54) is 12.8 Å². The van der Waals surface area contributed by atoms with Crippen LogP contribution in [0.5, 0.6) is 0 Å². The zero-order valence-corrected chi connectivity index (χ0v) is 13.6. The third-order valence-electron chi connectivity index (χ3n) is 4.01. The largest absolute Gasteiger partial charge is 0.461 e. The Morgan fingerprint density at radius 1 is 1.45 bits per heavy atom. The number of esters is 1. The Balaban J connectivity index is 2.04. The average molecular weight is 296 g/mol. The summed E-state index contributed by atoms with van der Waals surface area (Å²) in [7, 11) is 0. The van der Waals surface area contributed by atoms with Gasteiger partial charge in [0.2, 0.25) is 0 Å². The smallest absolute Gasteiger partial charge is 0.358 e. The van der Waals surface area contributed by atoms with E-state index in [-0.39, 0.29) is 5.97 Å². The Kier molecular flexibility index (Phi) is 5.02. The second kappa shape index (κ2) is 6.57. The monoisotopic (exact) mass is 296 g/mol. The van der Waals surface area contributed by atoms with E-state index >= 15 is 0 Å². The number of carbonyl (C=O) groups excluding carboxylic acids is 1. The first kappa shape index (κ1) is 15.3. The van der Waals surface area contributed by atoms with Crippen molar-refractivity contribution in [1.29, 1.82) is 0 Å². The van der Waals surface area contributed by atoms with Crippen LogP contribution in [0.4, 0.5) is 5.13 Å². The fourth-order valence-electron chi connectivity index (χ4n) is 2.66. The van der Waals surface area contributed by atoms with Gasteiger partial charge in [0.05, 0.1) is 6.61 Å². The van der Waals surface area contributed by atoms with Crippen LogP contribution in [0.3, 0.4) is 0 Å². The summed E-state index contributed by atoms with van der Waals surface area (Å²) >= 11 is 1.60. The van der Waals surface area contributed by atoms with Gasteiger partial charge in [0.25, 0.3) is 0 Å². The Morgan fingerprint density at radius 2 is 2.10 bits per heavy atom. The van der Waals surface area contributed by atoms with E-state index < -0.39 is 0 Å². The van der Waals surface area contributed by atoms with Gasteiger partial charge in [-0.2, -0.15) is 0 Å². The van der Waals surface area contributed by atoms with Crippen LogP contribution < -0.4 is 4.90 Å². The third kappa shape index (κ3) is 3.32. The van der Waals surface area contributed by atoms with Crippen LogP contribution in [0.15, 0.2) is 0 Å². The maximum atomic E-state index is 11.8. The molecule has 5 heteroatoms. The van der Waals surface area contributed by atoms with Gasteiger partial charge < -0.3 is 9.64 Å². The summed E-state index contributed by atoms with van der Waals surface area (Å²) in [5, 5.41) is 0.966. The number of thiazole rings is 1. The van der Waals surface area contributed by atoms with Gasteiger partial charge in [0, 0.05) is 18.0 Å². The van der Waals surface area contributed by atoms with Crippen LogP contribution in [0.2, 0.25) is 0 Å². The van der Waals surface area contributed by atoms with Gasteiger partial charge in [-0.25, -0.2) is 9.78 Å². The van der Waals surface area contributed by atoms with Crippen molar-refractivity contribution in [3.05, 3.63) is 10.6 Å². The molecule has 1 saturated heterocycles. The van der Waals surface area contributed by atoms with Crippen LogP contribution >= 0.6 is 11.3 Å². The van der Waals surface area contributed by atoms with Gasteiger partial charge in [-0.3, -0.25) is 0 Å². The number of anilines is 1. The summed E-state index contributed by atoms with van der Waals surface area (Å²) in [6, 6.07) is 0. The maximum absolute atomic E-state index is 11.8. The number of aromatic nitrogens is 1. The van der Waals surface area contributed by atoms with E-state index in [1.807, 2.05) is 13.8 Å². The fourth-order valence-corrected chi connectivity index (χ4v) is 3.61. The fraction of sp³-hybridized carbons (Fsp3) is 0.733. The molecule has 1 aromatic rings. The molecule has 0 N–H and O–H groups in total. The third-order valence-corrected chi connectivity index (χ3v) is 5.04. The van der Waals surface area contributed by atoms with E-state index in [2.05, 4.69) is 23.7 Å². The van der Waals surface area contributed by atoms with E-state index in [0.717, 1.165) is 34.9 Å². The predicted octanol–water partition coefficient (Wildman–Crippen LogP) is 3.50. The predicted molar refractivity (Wildman–Crippen MR) is 82.6 cm³/mol. The molecule has 0 radical (unpaired) electrons. The number of nitrogens with zero attached hydrogens (tertiary/aromatic N) is 2. The van der Waals surface area contributed by atoms with Crippen LogP contribution in [-0.4, -0.2) is 30.6 Å². The van der Waals surface area contributed by atoms with Crippen LogP contribution in [-0.2, 0) is 4.74 Å². The summed E-state index contributed by atoms with van der Waals surface area (Å²) in [5.41, 5.74) is 0.484. The summed E-state index contributed by atoms with van der Waals surface area (Å²) in [6.07, 6.45) is 2.43. The molecule has 2 heterocycles. The Bertz CT molecular complexity index is 462. The average Bonchev–Trinajstić information content (AvgIpc) is 2.81.